The predicted octanol–water partition coefficient (Wildman–Crippen LogP) is 6.79. The van der Waals surface area contributed by atoms with Crippen molar-refractivity contribution in [2.75, 3.05) is 39.2 Å². The van der Waals surface area contributed by atoms with Gasteiger partial charge in [-0.3, -0.25) is 19.2 Å². The first-order chi connectivity index (χ1) is 36.2. The third-order valence-electron chi connectivity index (χ3n) is 12.9. The van der Waals surface area contributed by atoms with Crippen LogP contribution in [0, 0.1) is 11.3 Å². The lowest BCUT2D eigenvalue weighted by molar-refractivity contribution is -0.0265. The van der Waals surface area contributed by atoms with Crippen molar-refractivity contribution in [3.8, 4) is 6.07 Å². The monoisotopic (exact) mass is 1030 g/mol. The number of nitrogens with zero attached hydrogens (tertiary/aromatic N) is 11. The van der Waals surface area contributed by atoms with Crippen LogP contribution in [-0.2, 0) is 35.9 Å². The summed E-state index contributed by atoms with van der Waals surface area (Å²) in [6.45, 7) is -3.96. The second-order valence-corrected chi connectivity index (χ2v) is 21.1. The lowest BCUT2D eigenvalue weighted by Crippen LogP contribution is -2.53. The first-order valence-electron chi connectivity index (χ1n) is 24.0. The highest BCUT2D eigenvalue weighted by Gasteiger charge is 2.46. The molecule has 0 radical (unpaired) electrons. The molecule has 4 N–H and O–H groups in total. The number of aliphatic hydroxyl groups is 1. The Morgan fingerprint density at radius 1 is 0.797 bits per heavy atom. The van der Waals surface area contributed by atoms with Gasteiger partial charge in [0.1, 0.15) is 25.1 Å². The van der Waals surface area contributed by atoms with Crippen molar-refractivity contribution in [2.24, 2.45) is 4.99 Å². The molecule has 4 aromatic heterocycles. The molecule has 2 fully saturated rings. The first kappa shape index (κ1) is 50.3. The second kappa shape index (κ2) is 22.5. The molecule has 2 aliphatic rings. The quantitative estimate of drug-likeness (QED) is 0.0202. The van der Waals surface area contributed by atoms with Crippen LogP contribution >= 0.6 is 6.64 Å². The molecule has 22 heteroatoms. The highest BCUT2D eigenvalue weighted by Crippen LogP contribution is 2.49. The molecule has 0 spiro atoms. The van der Waals surface area contributed by atoms with Crippen molar-refractivity contribution < 1.29 is 28.4 Å². The second-order valence-electron chi connectivity index (χ2n) is 17.9. The van der Waals surface area contributed by atoms with Gasteiger partial charge in [-0.05, 0) is 40.6 Å². The van der Waals surface area contributed by atoms with Crippen LogP contribution in [0.25, 0.3) is 22.3 Å². The number of anilines is 1. The van der Waals surface area contributed by atoms with E-state index in [0.717, 1.165) is 16.7 Å². The number of hydrogen-bond donors (Lipinski definition) is 4. The lowest BCUT2D eigenvalue weighted by atomic mass is 9.76. The Morgan fingerprint density at radius 3 is 1.95 bits per heavy atom. The van der Waals surface area contributed by atoms with Crippen molar-refractivity contribution in [2.45, 2.75) is 61.5 Å². The van der Waals surface area contributed by atoms with Gasteiger partial charge in [-0.1, -0.05) is 109 Å². The van der Waals surface area contributed by atoms with Crippen molar-refractivity contribution in [3.63, 3.8) is 0 Å². The van der Waals surface area contributed by atoms with Crippen molar-refractivity contribution in [1.29, 1.82) is 5.26 Å². The molecule has 8 aromatic rings. The van der Waals surface area contributed by atoms with Crippen LogP contribution in [0.5, 0.6) is 0 Å². The molecule has 1 unspecified atom stereocenters. The maximum Gasteiger partial charge on any atom is 0.261 e. The average molecular weight is 1030 g/mol. The number of benzene rings is 4. The summed E-state index contributed by atoms with van der Waals surface area (Å²) in [7, 11) is 3.75. The van der Waals surface area contributed by atoms with E-state index < -0.39 is 48.9 Å². The molecule has 2 aliphatic heterocycles. The number of carbonyl (C=O) groups excluding carboxylic acids is 1. The Kier molecular flexibility index (Phi) is 15.3. The topological polar surface area (TPSA) is 237 Å². The SMILES string of the molecule is CN(C)C=Nc1ncnc2c1ncn2[C@H]1C[C@@H](NC(c2ccccc2)(c2ccccc2)c2ccccc2)[C@@H](COP(=S)(N[C@@H]2C[C@H](n3cnc4c(NC(=O)c5ccccc5)ncnc43)O[C@@H]2CO)OCCC#N)O1. The normalized spacial score (nSPS) is 20.7. The zero-order valence-electron chi connectivity index (χ0n) is 40.4. The highest BCUT2D eigenvalue weighted by molar-refractivity contribution is 8.09. The number of nitrogens with one attached hydrogen (secondary N) is 3. The van der Waals surface area contributed by atoms with Gasteiger partial charge in [0.05, 0.1) is 69.1 Å². The molecular weight excluding hydrogens is 980 g/mol. The first-order valence-corrected chi connectivity index (χ1v) is 26.6. The van der Waals surface area contributed by atoms with Crippen LogP contribution in [0.15, 0.2) is 152 Å². The molecule has 0 bridgehead atoms. The van der Waals surface area contributed by atoms with Gasteiger partial charge in [0, 0.05) is 44.6 Å². The Morgan fingerprint density at radius 2 is 1.35 bits per heavy atom. The number of nitriles is 1. The molecule has 10 rings (SSSR count). The van der Waals surface area contributed by atoms with E-state index in [0.29, 0.717) is 40.1 Å². The summed E-state index contributed by atoms with van der Waals surface area (Å²) in [6, 6.07) is 40.8. The van der Waals surface area contributed by atoms with E-state index in [4.69, 9.17) is 35.3 Å². The van der Waals surface area contributed by atoms with Crippen molar-refractivity contribution in [3.05, 3.63) is 169 Å². The smallest absolute Gasteiger partial charge is 0.261 e. The van der Waals surface area contributed by atoms with E-state index in [1.807, 2.05) is 84.2 Å². The summed E-state index contributed by atoms with van der Waals surface area (Å²) in [5, 5.41) is 30.8. The number of hydrogen-bond acceptors (Lipinski definition) is 16. The Balaban J connectivity index is 0.962. The van der Waals surface area contributed by atoms with Crippen LogP contribution in [-0.4, -0.2) is 119 Å². The number of fused-ring (bicyclic) bond motifs is 2. The Bertz CT molecular complexity index is 3210. The largest absolute Gasteiger partial charge is 0.394 e. The van der Waals surface area contributed by atoms with Gasteiger partial charge < -0.3 is 33.8 Å². The summed E-state index contributed by atoms with van der Waals surface area (Å²) in [5.74, 6) is 0.297. The summed E-state index contributed by atoms with van der Waals surface area (Å²) >= 11 is 6.31. The summed E-state index contributed by atoms with van der Waals surface area (Å²) in [6.07, 6.45) is 5.78. The van der Waals surface area contributed by atoms with Gasteiger partial charge >= 0.3 is 0 Å². The lowest BCUT2D eigenvalue weighted by Gasteiger charge is -2.40. The maximum absolute atomic E-state index is 13.1. The Hall–Kier alpha value is -7.22. The van der Waals surface area contributed by atoms with E-state index in [1.165, 1.54) is 12.7 Å². The van der Waals surface area contributed by atoms with Gasteiger partial charge in [0.25, 0.3) is 12.5 Å². The molecule has 74 heavy (non-hydrogen) atoms. The van der Waals surface area contributed by atoms with Gasteiger partial charge in [0.15, 0.2) is 34.0 Å². The van der Waals surface area contributed by atoms with E-state index in [1.54, 1.807) is 47.8 Å². The van der Waals surface area contributed by atoms with Crippen molar-refractivity contribution in [1.82, 2.24) is 54.3 Å². The molecule has 20 nitrogen and oxygen atoms in total. The molecule has 378 valence electrons. The van der Waals surface area contributed by atoms with E-state index >= 15 is 0 Å². The fraction of sp³-hybridized carbons (Fsp3) is 0.288. The number of ether oxygens (including phenoxy) is 2. The van der Waals surface area contributed by atoms with Gasteiger partial charge in [0.2, 0.25) is 0 Å². The molecule has 2 saturated heterocycles. The zero-order chi connectivity index (χ0) is 51.1. The third kappa shape index (κ3) is 10.6. The minimum atomic E-state index is -3.52. The summed E-state index contributed by atoms with van der Waals surface area (Å²) in [4.78, 5) is 46.6. The maximum atomic E-state index is 13.1. The molecular formula is C52H53N14O6PS. The van der Waals surface area contributed by atoms with Crippen LogP contribution in [0.2, 0.25) is 0 Å². The van der Waals surface area contributed by atoms with Gasteiger partial charge in [-0.15, -0.1) is 0 Å². The van der Waals surface area contributed by atoms with E-state index in [9.17, 15) is 15.2 Å². The molecule has 0 saturated carbocycles. The van der Waals surface area contributed by atoms with Crippen LogP contribution < -0.4 is 15.7 Å². The van der Waals surface area contributed by atoms with Gasteiger partial charge in [-0.25, -0.2) is 40.0 Å². The molecule has 4 aromatic carbocycles. The molecule has 1 amide bonds. The highest BCUT2D eigenvalue weighted by atomic mass is 32.5. The zero-order valence-corrected chi connectivity index (χ0v) is 42.1. The van der Waals surface area contributed by atoms with Gasteiger partial charge in [-0.2, -0.15) is 5.26 Å². The number of imidazole rings is 2. The number of carbonyl (C=O) groups is 1. The number of aliphatic imine (C=N–C) groups is 1. The number of aromatic nitrogens is 8. The van der Waals surface area contributed by atoms with Crippen LogP contribution in [0.3, 0.4) is 0 Å². The standard InChI is InChI=1S/C52H53N14O6PS/c1-64(2)32-60-47-45-49(56-30-54-47)65(33-58-45)43-26-39(62-52(36-18-9-4-10-19-36,37-20-11-5-12-21-37)38-22-13-6-14-23-38)42(72-43)29-70-73(74,69-25-15-24-53)63-40-27-44(71-41(40)28-67)66-34-59-46-48(55-31-57-50(46)66)61-51(68)35-16-7-3-8-17-35/h3-14,16-23,30-34,39-44,62,67H,15,25-29H2,1-2H3,(H,63,74)(H,55,57,61,68)/t39-,40-,41-,42-,43-,44-,73?/m1/s1. The minimum absolute atomic E-state index is 0.0174. The van der Waals surface area contributed by atoms with E-state index in [-0.39, 0.29) is 44.4 Å². The van der Waals surface area contributed by atoms with E-state index in [2.05, 4.69) is 88.1 Å². The van der Waals surface area contributed by atoms with Crippen LogP contribution in [0.4, 0.5) is 11.6 Å². The average Bonchev–Trinajstić information content (AvgIpc) is 4.26. The number of aliphatic hydroxyl groups excluding tert-OH is 1. The number of amides is 1. The predicted molar refractivity (Wildman–Crippen MR) is 280 cm³/mol. The molecule has 0 aliphatic carbocycles. The molecule has 6 heterocycles. The third-order valence-corrected chi connectivity index (χ3v) is 15.5. The van der Waals surface area contributed by atoms with Crippen molar-refractivity contribution >= 4 is 64.7 Å². The van der Waals surface area contributed by atoms with Crippen LogP contribution in [0.1, 0.15) is 58.8 Å². The Labute approximate surface area is 431 Å². The number of rotatable bonds is 20. The summed E-state index contributed by atoms with van der Waals surface area (Å²) < 4.78 is 30.3. The minimum Gasteiger partial charge on any atom is -0.394 e. The fourth-order valence-electron chi connectivity index (χ4n) is 9.44. The summed E-state index contributed by atoms with van der Waals surface area (Å²) in [5.41, 5.74) is 4.41. The molecule has 7 atom stereocenters. The fourth-order valence-corrected chi connectivity index (χ4v) is 11.8.